The van der Waals surface area contributed by atoms with Crippen molar-refractivity contribution in [1.29, 1.82) is 0 Å². The quantitative estimate of drug-likeness (QED) is 0.548. The van der Waals surface area contributed by atoms with Crippen LogP contribution in [-0.2, 0) is 12.8 Å². The summed E-state index contributed by atoms with van der Waals surface area (Å²) in [6, 6.07) is 5.39. The number of nitrogens with zero attached hydrogens (tertiary/aromatic N) is 1. The van der Waals surface area contributed by atoms with Gasteiger partial charge in [0.2, 0.25) is 0 Å². The highest BCUT2D eigenvalue weighted by Gasteiger charge is 2.09. The lowest BCUT2D eigenvalue weighted by Crippen LogP contribution is -2.25. The number of rotatable bonds is 3. The lowest BCUT2D eigenvalue weighted by atomic mass is 10.0. The number of hydrogen-bond donors (Lipinski definition) is 3. The van der Waals surface area contributed by atoms with Gasteiger partial charge in [0.05, 0.1) is 0 Å². The van der Waals surface area contributed by atoms with E-state index >= 15 is 0 Å². The Morgan fingerprint density at radius 2 is 1.76 bits per heavy atom. The van der Waals surface area contributed by atoms with E-state index in [2.05, 4.69) is 10.3 Å². The highest BCUT2D eigenvalue weighted by molar-refractivity contribution is 5.99. The van der Waals surface area contributed by atoms with E-state index in [0.717, 1.165) is 29.7 Å². The van der Waals surface area contributed by atoms with E-state index in [1.165, 1.54) is 0 Å². The van der Waals surface area contributed by atoms with Crippen molar-refractivity contribution in [2.45, 2.75) is 26.7 Å². The van der Waals surface area contributed by atoms with Crippen molar-refractivity contribution >= 4 is 17.7 Å². The normalized spacial score (nSPS) is 9.76. The number of aryl methyl sites for hydroxylation is 2. The molecule has 0 bridgehead atoms. The third-order valence-electron chi connectivity index (χ3n) is 2.46. The van der Waals surface area contributed by atoms with Crippen LogP contribution in [0.15, 0.2) is 23.2 Å². The van der Waals surface area contributed by atoms with Crippen LogP contribution in [-0.4, -0.2) is 12.0 Å². The lowest BCUT2D eigenvalue weighted by molar-refractivity contribution is 0.259. The van der Waals surface area contributed by atoms with E-state index < -0.39 is 6.03 Å². The van der Waals surface area contributed by atoms with Gasteiger partial charge in [-0.2, -0.15) is 4.99 Å². The predicted octanol–water partition coefficient (Wildman–Crippen LogP) is 1.62. The number of urea groups is 1. The SMILES string of the molecule is CCc1cccc(CC)c1NC(=O)N=C(N)N. The molecule has 5 heteroatoms. The molecule has 2 amide bonds. The number of nitrogens with one attached hydrogen (secondary N) is 1. The Morgan fingerprint density at radius 3 is 2.18 bits per heavy atom. The molecule has 5 N–H and O–H groups in total. The smallest absolute Gasteiger partial charge is 0.348 e. The number of nitrogens with two attached hydrogens (primary N) is 2. The summed E-state index contributed by atoms with van der Waals surface area (Å²) >= 11 is 0. The molecule has 1 aromatic carbocycles. The zero-order valence-corrected chi connectivity index (χ0v) is 10.2. The lowest BCUT2D eigenvalue weighted by Gasteiger charge is -2.12. The van der Waals surface area contributed by atoms with Gasteiger partial charge in [-0.25, -0.2) is 4.79 Å². The van der Waals surface area contributed by atoms with Gasteiger partial charge in [-0.15, -0.1) is 0 Å². The minimum atomic E-state index is -0.541. The van der Waals surface area contributed by atoms with Crippen LogP contribution in [0.3, 0.4) is 0 Å². The summed E-state index contributed by atoms with van der Waals surface area (Å²) in [5.74, 6) is -0.241. The first-order chi connectivity index (χ1) is 8.08. The summed E-state index contributed by atoms with van der Waals surface area (Å²) in [6.45, 7) is 4.07. The molecule has 0 saturated carbocycles. The molecular formula is C12H18N4O. The molecule has 17 heavy (non-hydrogen) atoms. The Morgan fingerprint density at radius 1 is 1.24 bits per heavy atom. The Bertz CT molecular complexity index is 414. The molecule has 0 spiro atoms. The molecule has 5 nitrogen and oxygen atoms in total. The fourth-order valence-corrected chi connectivity index (χ4v) is 1.66. The van der Waals surface area contributed by atoms with Crippen molar-refractivity contribution in [2.75, 3.05) is 5.32 Å². The highest BCUT2D eigenvalue weighted by Crippen LogP contribution is 2.22. The van der Waals surface area contributed by atoms with E-state index in [1.807, 2.05) is 32.0 Å². The topological polar surface area (TPSA) is 93.5 Å². The summed E-state index contributed by atoms with van der Waals surface area (Å²) in [7, 11) is 0. The minimum Gasteiger partial charge on any atom is -0.370 e. The van der Waals surface area contributed by atoms with Gasteiger partial charge in [0.25, 0.3) is 0 Å². The summed E-state index contributed by atoms with van der Waals surface area (Å²) in [4.78, 5) is 14.9. The van der Waals surface area contributed by atoms with Gasteiger partial charge in [0.1, 0.15) is 0 Å². The van der Waals surface area contributed by atoms with Crippen LogP contribution in [0.1, 0.15) is 25.0 Å². The van der Waals surface area contributed by atoms with Crippen LogP contribution < -0.4 is 16.8 Å². The van der Waals surface area contributed by atoms with Crippen molar-refractivity contribution in [3.05, 3.63) is 29.3 Å². The van der Waals surface area contributed by atoms with Crippen LogP contribution in [0.25, 0.3) is 0 Å². The number of para-hydroxylation sites is 1. The summed E-state index contributed by atoms with van der Waals surface area (Å²) in [6.07, 6.45) is 1.68. The van der Waals surface area contributed by atoms with Gasteiger partial charge in [0.15, 0.2) is 5.96 Å². The first-order valence-corrected chi connectivity index (χ1v) is 5.59. The molecule has 92 valence electrons. The Balaban J connectivity index is 3.03. The van der Waals surface area contributed by atoms with Crippen molar-refractivity contribution < 1.29 is 4.79 Å². The average Bonchev–Trinajstić information content (AvgIpc) is 2.28. The summed E-state index contributed by atoms with van der Waals surface area (Å²) in [5, 5.41) is 2.73. The number of carbonyl (C=O) groups is 1. The molecule has 0 saturated heterocycles. The molecule has 0 aliphatic heterocycles. The van der Waals surface area contributed by atoms with Crippen molar-refractivity contribution in [3.63, 3.8) is 0 Å². The van der Waals surface area contributed by atoms with Gasteiger partial charge in [0, 0.05) is 5.69 Å². The van der Waals surface area contributed by atoms with Crippen LogP contribution in [0.5, 0.6) is 0 Å². The molecule has 1 aromatic rings. The highest BCUT2D eigenvalue weighted by atomic mass is 16.2. The second kappa shape index (κ2) is 5.89. The fraction of sp³-hybridized carbons (Fsp3) is 0.333. The molecule has 0 aliphatic carbocycles. The zero-order valence-electron chi connectivity index (χ0n) is 10.2. The van der Waals surface area contributed by atoms with Gasteiger partial charge in [-0.05, 0) is 24.0 Å². The minimum absolute atomic E-state index is 0.241. The van der Waals surface area contributed by atoms with E-state index in [4.69, 9.17) is 11.5 Å². The van der Waals surface area contributed by atoms with Crippen molar-refractivity contribution in [1.82, 2.24) is 0 Å². The van der Waals surface area contributed by atoms with E-state index in [0.29, 0.717) is 0 Å². The maximum atomic E-state index is 11.5. The van der Waals surface area contributed by atoms with Crippen LogP contribution in [0.4, 0.5) is 10.5 Å². The number of carbonyl (C=O) groups excluding carboxylic acids is 1. The Labute approximate surface area is 101 Å². The molecule has 0 atom stereocenters. The van der Waals surface area contributed by atoms with E-state index in [-0.39, 0.29) is 5.96 Å². The molecular weight excluding hydrogens is 216 g/mol. The molecule has 1 rings (SSSR count). The van der Waals surface area contributed by atoms with Crippen LogP contribution in [0.2, 0.25) is 0 Å². The number of benzene rings is 1. The van der Waals surface area contributed by atoms with Gasteiger partial charge >= 0.3 is 6.03 Å². The summed E-state index contributed by atoms with van der Waals surface area (Å²) < 4.78 is 0. The number of aliphatic imine (C=N–C) groups is 1. The first-order valence-electron chi connectivity index (χ1n) is 5.59. The van der Waals surface area contributed by atoms with Crippen LogP contribution in [0, 0.1) is 0 Å². The summed E-state index contributed by atoms with van der Waals surface area (Å²) in [5.41, 5.74) is 13.3. The van der Waals surface area contributed by atoms with Crippen molar-refractivity contribution in [2.24, 2.45) is 16.5 Å². The molecule has 0 radical (unpaired) electrons. The van der Waals surface area contributed by atoms with E-state index in [1.54, 1.807) is 0 Å². The molecule has 0 heterocycles. The third kappa shape index (κ3) is 3.48. The third-order valence-corrected chi connectivity index (χ3v) is 2.46. The predicted molar refractivity (Wildman–Crippen MR) is 70.0 cm³/mol. The number of anilines is 1. The monoisotopic (exact) mass is 234 g/mol. The number of guanidine groups is 1. The number of hydrogen-bond acceptors (Lipinski definition) is 1. The average molecular weight is 234 g/mol. The second-order valence-corrected chi connectivity index (χ2v) is 3.63. The largest absolute Gasteiger partial charge is 0.370 e. The zero-order chi connectivity index (χ0) is 12.8. The molecule has 0 aliphatic rings. The number of amides is 2. The molecule has 0 aromatic heterocycles. The maximum absolute atomic E-state index is 11.5. The van der Waals surface area contributed by atoms with Gasteiger partial charge < -0.3 is 16.8 Å². The van der Waals surface area contributed by atoms with Gasteiger partial charge in [-0.3, -0.25) is 0 Å². The molecule has 0 unspecified atom stereocenters. The van der Waals surface area contributed by atoms with Gasteiger partial charge in [-0.1, -0.05) is 32.0 Å². The Kier molecular flexibility index (Phi) is 4.51. The molecule has 0 fully saturated rings. The van der Waals surface area contributed by atoms with Crippen LogP contribution >= 0.6 is 0 Å². The fourth-order valence-electron chi connectivity index (χ4n) is 1.66. The Hall–Kier alpha value is -2.04. The van der Waals surface area contributed by atoms with Crippen molar-refractivity contribution in [3.8, 4) is 0 Å². The maximum Gasteiger partial charge on any atom is 0.348 e. The second-order valence-electron chi connectivity index (χ2n) is 3.63. The standard InChI is InChI=1S/C12H18N4O/c1-3-8-6-5-7-9(4-2)10(8)15-12(17)16-11(13)14/h5-7H,3-4H2,1-2H3,(H5,13,14,15,16,17). The van der Waals surface area contributed by atoms with E-state index in [9.17, 15) is 4.79 Å². The first kappa shape index (κ1) is 13.0.